The molecule has 0 aliphatic rings. The summed E-state index contributed by atoms with van der Waals surface area (Å²) in [7, 11) is 0. The largest absolute Gasteiger partial charge is 0.323 e. The summed E-state index contributed by atoms with van der Waals surface area (Å²) in [4.78, 5) is 24.7. The third kappa shape index (κ3) is 5.34. The quantitative estimate of drug-likeness (QED) is 0.520. The number of aryl methyl sites for hydroxylation is 2. The summed E-state index contributed by atoms with van der Waals surface area (Å²) in [5.41, 5.74) is 4.46. The number of hydrogen-bond donors (Lipinski definition) is 3. The van der Waals surface area contributed by atoms with Gasteiger partial charge in [-0.2, -0.15) is 0 Å². The van der Waals surface area contributed by atoms with E-state index in [1.807, 2.05) is 32.0 Å². The number of anilines is 3. The predicted molar refractivity (Wildman–Crippen MR) is 114 cm³/mol. The average molecular weight is 394 g/mol. The van der Waals surface area contributed by atoms with E-state index in [1.54, 1.807) is 48.5 Å². The molecule has 6 heteroatoms. The van der Waals surface area contributed by atoms with Crippen LogP contribution in [0.1, 0.15) is 21.5 Å². The summed E-state index contributed by atoms with van der Waals surface area (Å²) < 4.78 is 0. The molecular weight excluding hydrogens is 374 g/mol. The Kier molecular flexibility index (Phi) is 5.96. The number of halogens is 1. The van der Waals surface area contributed by atoms with E-state index >= 15 is 0 Å². The van der Waals surface area contributed by atoms with Gasteiger partial charge < -0.3 is 16.0 Å². The van der Waals surface area contributed by atoms with Crippen LogP contribution in [0.5, 0.6) is 0 Å². The van der Waals surface area contributed by atoms with Crippen LogP contribution in [0, 0.1) is 13.8 Å². The lowest BCUT2D eigenvalue weighted by atomic mass is 10.1. The number of urea groups is 1. The molecule has 3 rings (SSSR count). The molecule has 3 N–H and O–H groups in total. The van der Waals surface area contributed by atoms with Gasteiger partial charge in [0.25, 0.3) is 5.91 Å². The predicted octanol–water partition coefficient (Wildman–Crippen LogP) is 5.85. The Hall–Kier alpha value is -3.31. The van der Waals surface area contributed by atoms with Crippen molar-refractivity contribution in [1.29, 1.82) is 0 Å². The van der Waals surface area contributed by atoms with Crippen LogP contribution in [0.3, 0.4) is 0 Å². The second kappa shape index (κ2) is 8.59. The normalized spacial score (nSPS) is 10.2. The molecule has 0 radical (unpaired) electrons. The minimum atomic E-state index is -0.408. The van der Waals surface area contributed by atoms with E-state index in [-0.39, 0.29) is 5.91 Å². The van der Waals surface area contributed by atoms with Gasteiger partial charge in [-0.3, -0.25) is 4.79 Å². The van der Waals surface area contributed by atoms with Crippen LogP contribution in [-0.2, 0) is 0 Å². The second-order valence-electron chi connectivity index (χ2n) is 6.50. The van der Waals surface area contributed by atoms with Gasteiger partial charge in [0.1, 0.15) is 0 Å². The van der Waals surface area contributed by atoms with Gasteiger partial charge in [0.05, 0.1) is 0 Å². The molecule has 0 unspecified atom stereocenters. The van der Waals surface area contributed by atoms with Crippen molar-refractivity contribution in [3.63, 3.8) is 0 Å². The zero-order valence-corrected chi connectivity index (χ0v) is 16.3. The minimum absolute atomic E-state index is 0.244. The minimum Gasteiger partial charge on any atom is -0.322 e. The fraction of sp³-hybridized carbons (Fsp3) is 0.0909. The molecule has 0 saturated heterocycles. The highest BCUT2D eigenvalue weighted by atomic mass is 35.5. The van der Waals surface area contributed by atoms with E-state index in [0.29, 0.717) is 22.0 Å². The molecule has 0 atom stereocenters. The summed E-state index contributed by atoms with van der Waals surface area (Å²) in [6.45, 7) is 3.96. The molecule has 0 fully saturated rings. The van der Waals surface area contributed by atoms with Gasteiger partial charge in [0.2, 0.25) is 0 Å². The summed E-state index contributed by atoms with van der Waals surface area (Å²) in [6, 6.07) is 19.0. The Bertz CT molecular complexity index is 996. The first-order chi connectivity index (χ1) is 13.4. The number of carbonyl (C=O) groups excluding carboxylic acids is 2. The molecular formula is C22H20ClN3O2. The first kappa shape index (κ1) is 19.5. The lowest BCUT2D eigenvalue weighted by molar-refractivity contribution is 0.102. The maximum atomic E-state index is 12.5. The molecule has 0 spiro atoms. The molecule has 28 heavy (non-hydrogen) atoms. The first-order valence-corrected chi connectivity index (χ1v) is 9.10. The maximum absolute atomic E-state index is 12.5. The van der Waals surface area contributed by atoms with E-state index < -0.39 is 6.03 Å². The Morgan fingerprint density at radius 3 is 2.04 bits per heavy atom. The molecule has 0 aliphatic carbocycles. The summed E-state index contributed by atoms with van der Waals surface area (Å²) in [6.07, 6.45) is 0. The monoisotopic (exact) mass is 393 g/mol. The van der Waals surface area contributed by atoms with Gasteiger partial charge in [0, 0.05) is 27.6 Å². The van der Waals surface area contributed by atoms with Crippen LogP contribution in [0.15, 0.2) is 66.7 Å². The maximum Gasteiger partial charge on any atom is 0.323 e. The molecule has 3 aromatic rings. The highest BCUT2D eigenvalue weighted by molar-refractivity contribution is 6.30. The molecule has 142 valence electrons. The Morgan fingerprint density at radius 1 is 0.714 bits per heavy atom. The number of hydrogen-bond acceptors (Lipinski definition) is 2. The first-order valence-electron chi connectivity index (χ1n) is 8.72. The van der Waals surface area contributed by atoms with Crippen molar-refractivity contribution in [2.45, 2.75) is 13.8 Å². The lowest BCUT2D eigenvalue weighted by Gasteiger charge is -2.10. The lowest BCUT2D eigenvalue weighted by Crippen LogP contribution is -2.20. The molecule has 0 aliphatic heterocycles. The zero-order chi connectivity index (χ0) is 20.1. The molecule has 0 heterocycles. The summed E-state index contributed by atoms with van der Waals surface area (Å²) in [5.74, 6) is -0.244. The number of carbonyl (C=O) groups is 2. The van der Waals surface area contributed by atoms with Gasteiger partial charge in [-0.1, -0.05) is 23.7 Å². The fourth-order valence-corrected chi connectivity index (χ4v) is 2.94. The number of amides is 3. The van der Waals surface area contributed by atoms with E-state index in [9.17, 15) is 9.59 Å². The Labute approximate surface area is 168 Å². The number of rotatable bonds is 4. The van der Waals surface area contributed by atoms with Gasteiger partial charge in [-0.15, -0.1) is 0 Å². The summed E-state index contributed by atoms with van der Waals surface area (Å²) >= 11 is 5.83. The highest BCUT2D eigenvalue weighted by Gasteiger charge is 2.09. The van der Waals surface area contributed by atoms with Crippen LogP contribution in [0.25, 0.3) is 0 Å². The van der Waals surface area contributed by atoms with Gasteiger partial charge in [-0.25, -0.2) is 4.79 Å². The van der Waals surface area contributed by atoms with Crippen molar-refractivity contribution in [3.8, 4) is 0 Å². The van der Waals surface area contributed by atoms with Crippen molar-refractivity contribution >= 4 is 40.6 Å². The van der Waals surface area contributed by atoms with Crippen LogP contribution < -0.4 is 16.0 Å². The topological polar surface area (TPSA) is 70.2 Å². The van der Waals surface area contributed by atoms with Crippen molar-refractivity contribution in [1.82, 2.24) is 0 Å². The Morgan fingerprint density at radius 2 is 1.36 bits per heavy atom. The van der Waals surface area contributed by atoms with E-state index in [1.165, 1.54) is 0 Å². The molecule has 0 aromatic heterocycles. The highest BCUT2D eigenvalue weighted by Crippen LogP contribution is 2.18. The van der Waals surface area contributed by atoms with Crippen molar-refractivity contribution in [2.24, 2.45) is 0 Å². The van der Waals surface area contributed by atoms with Crippen molar-refractivity contribution in [3.05, 3.63) is 88.4 Å². The number of nitrogens with one attached hydrogen (secondary N) is 3. The Balaban J connectivity index is 1.66. The van der Waals surface area contributed by atoms with Crippen LogP contribution in [-0.4, -0.2) is 11.9 Å². The number of benzene rings is 3. The van der Waals surface area contributed by atoms with E-state index in [2.05, 4.69) is 16.0 Å². The third-order valence-electron chi connectivity index (χ3n) is 3.96. The SMILES string of the molecule is Cc1cc(C)cc(NC(=O)c2cccc(NC(=O)Nc3ccc(Cl)cc3)c2)c1. The zero-order valence-electron chi connectivity index (χ0n) is 15.5. The molecule has 3 amide bonds. The van der Waals surface area contributed by atoms with Crippen molar-refractivity contribution < 1.29 is 9.59 Å². The van der Waals surface area contributed by atoms with Crippen LogP contribution >= 0.6 is 11.6 Å². The summed E-state index contributed by atoms with van der Waals surface area (Å²) in [5, 5.41) is 8.91. The molecule has 5 nitrogen and oxygen atoms in total. The van der Waals surface area contributed by atoms with E-state index in [4.69, 9.17) is 11.6 Å². The van der Waals surface area contributed by atoms with Gasteiger partial charge >= 0.3 is 6.03 Å². The van der Waals surface area contributed by atoms with E-state index in [0.717, 1.165) is 16.8 Å². The van der Waals surface area contributed by atoms with Crippen LogP contribution in [0.2, 0.25) is 5.02 Å². The standard InChI is InChI=1S/C22H20ClN3O2/c1-14-10-15(2)12-20(11-14)24-21(27)16-4-3-5-19(13-16)26-22(28)25-18-8-6-17(23)7-9-18/h3-13H,1-2H3,(H,24,27)(H2,25,26,28). The molecule has 0 saturated carbocycles. The third-order valence-corrected chi connectivity index (χ3v) is 4.22. The molecule has 3 aromatic carbocycles. The molecule has 0 bridgehead atoms. The van der Waals surface area contributed by atoms with Gasteiger partial charge in [0.15, 0.2) is 0 Å². The smallest absolute Gasteiger partial charge is 0.322 e. The van der Waals surface area contributed by atoms with Crippen molar-refractivity contribution in [2.75, 3.05) is 16.0 Å². The second-order valence-corrected chi connectivity index (χ2v) is 6.93. The fourth-order valence-electron chi connectivity index (χ4n) is 2.81. The van der Waals surface area contributed by atoms with Crippen LogP contribution in [0.4, 0.5) is 21.9 Å². The van der Waals surface area contributed by atoms with Gasteiger partial charge in [-0.05, 0) is 79.6 Å². The average Bonchev–Trinajstić information content (AvgIpc) is 2.63.